The second-order valence-electron chi connectivity index (χ2n) is 5.16. The number of nitrogens with one attached hydrogen (secondary N) is 1. The Morgan fingerprint density at radius 1 is 1.30 bits per heavy atom. The summed E-state index contributed by atoms with van der Waals surface area (Å²) in [5.41, 5.74) is 2.43. The molecule has 2 amide bonds. The van der Waals surface area contributed by atoms with Crippen molar-refractivity contribution in [3.8, 4) is 0 Å². The van der Waals surface area contributed by atoms with Gasteiger partial charge in [0.15, 0.2) is 4.32 Å². The number of hydrazine groups is 1. The van der Waals surface area contributed by atoms with Gasteiger partial charge in [0.2, 0.25) is 0 Å². The first-order valence-corrected chi connectivity index (χ1v) is 8.72. The van der Waals surface area contributed by atoms with E-state index in [1.54, 1.807) is 30.4 Å². The minimum absolute atomic E-state index is 0.136. The quantitative estimate of drug-likeness (QED) is 0.355. The first kappa shape index (κ1) is 18.5. The molecule has 1 aliphatic rings. The van der Waals surface area contributed by atoms with E-state index in [9.17, 15) is 19.7 Å². The molecule has 3 rings (SSSR count). The first-order chi connectivity index (χ1) is 13.0. The molecule has 136 valence electrons. The molecule has 0 spiro atoms. The summed E-state index contributed by atoms with van der Waals surface area (Å²) in [5.74, 6) is -0.439. The van der Waals surface area contributed by atoms with Crippen LogP contribution in [0.2, 0.25) is 0 Å². The maximum absolute atomic E-state index is 12.4. The van der Waals surface area contributed by atoms with Gasteiger partial charge in [-0.15, -0.1) is 0 Å². The minimum Gasteiger partial charge on any atom is -0.465 e. The van der Waals surface area contributed by atoms with Crippen LogP contribution in [-0.2, 0) is 4.79 Å². The predicted octanol–water partition coefficient (Wildman–Crippen LogP) is 3.29. The number of non-ortho nitro benzene ring substituents is 1. The number of benzene rings is 1. The number of thiocarbonyl (C=S) groups is 1. The highest BCUT2D eigenvalue weighted by Crippen LogP contribution is 2.29. The molecule has 0 bridgehead atoms. The molecule has 1 N–H and O–H groups in total. The van der Waals surface area contributed by atoms with Gasteiger partial charge in [-0.3, -0.25) is 25.1 Å². The normalized spacial score (nSPS) is 15.7. The molecule has 0 saturated carbocycles. The highest BCUT2D eigenvalue weighted by Gasteiger charge is 2.33. The molecule has 0 unspecified atom stereocenters. The average molecular weight is 401 g/mol. The van der Waals surface area contributed by atoms with E-state index >= 15 is 0 Å². The largest absolute Gasteiger partial charge is 0.465 e. The summed E-state index contributed by atoms with van der Waals surface area (Å²) in [4.78, 5) is 35.1. The van der Waals surface area contributed by atoms with Crippen LogP contribution < -0.4 is 5.43 Å². The van der Waals surface area contributed by atoms with Gasteiger partial charge in [-0.05, 0) is 48.6 Å². The average Bonchev–Trinajstić information content (AvgIpc) is 3.26. The maximum Gasteiger partial charge on any atom is 0.285 e. The molecule has 27 heavy (non-hydrogen) atoms. The fourth-order valence-electron chi connectivity index (χ4n) is 2.10. The molecule has 2 aromatic rings. The fraction of sp³-hybridized carbons (Fsp3) is 0. The molecule has 1 saturated heterocycles. The molecule has 8 nitrogen and oxygen atoms in total. The van der Waals surface area contributed by atoms with E-state index in [2.05, 4.69) is 5.43 Å². The number of allylic oxidation sites excluding steroid dienone is 2. The van der Waals surface area contributed by atoms with Gasteiger partial charge in [-0.2, -0.15) is 5.01 Å². The zero-order valence-corrected chi connectivity index (χ0v) is 15.2. The molecule has 0 radical (unpaired) electrons. The van der Waals surface area contributed by atoms with Gasteiger partial charge in [-0.1, -0.05) is 17.8 Å². The summed E-state index contributed by atoms with van der Waals surface area (Å²) < 4.78 is 5.32. The lowest BCUT2D eigenvalue weighted by Crippen LogP contribution is -2.44. The Hall–Kier alpha value is -3.24. The molecule has 0 atom stereocenters. The van der Waals surface area contributed by atoms with E-state index in [1.165, 1.54) is 30.5 Å². The third kappa shape index (κ3) is 4.30. The molecular weight excluding hydrogens is 390 g/mol. The van der Waals surface area contributed by atoms with Crippen LogP contribution in [0.5, 0.6) is 0 Å². The number of rotatable bonds is 5. The molecule has 1 fully saturated rings. The van der Waals surface area contributed by atoms with Crippen molar-refractivity contribution in [2.45, 2.75) is 0 Å². The summed E-state index contributed by atoms with van der Waals surface area (Å²) in [6.07, 6.45) is 6.43. The third-order valence-electron chi connectivity index (χ3n) is 3.40. The smallest absolute Gasteiger partial charge is 0.285 e. The Bertz CT molecular complexity index is 965. The molecule has 10 heteroatoms. The molecule has 1 aliphatic heterocycles. The summed E-state index contributed by atoms with van der Waals surface area (Å²) in [6.45, 7) is 0. The van der Waals surface area contributed by atoms with Crippen LogP contribution in [0.4, 0.5) is 5.69 Å². The van der Waals surface area contributed by atoms with Crippen LogP contribution in [0.25, 0.3) is 6.08 Å². The van der Waals surface area contributed by atoms with E-state index in [1.807, 2.05) is 0 Å². The number of hydrogen-bond donors (Lipinski definition) is 1. The second kappa shape index (κ2) is 7.98. The van der Waals surface area contributed by atoms with Gasteiger partial charge >= 0.3 is 0 Å². The standard InChI is InChI=1S/C17H11N3O5S2/c21-15(11-6-8-12(9-7-11)20(23)24)18-19-16(22)14(27-17(19)26)5-1-3-13-4-2-10-25-13/h1-10H,(H,18,21)/b3-1+,14-5+. The Morgan fingerprint density at radius 3 is 2.67 bits per heavy atom. The van der Waals surface area contributed by atoms with E-state index < -0.39 is 16.7 Å². The van der Waals surface area contributed by atoms with Crippen LogP contribution in [0.15, 0.2) is 64.1 Å². The van der Waals surface area contributed by atoms with Gasteiger partial charge < -0.3 is 4.42 Å². The van der Waals surface area contributed by atoms with E-state index in [4.69, 9.17) is 16.6 Å². The maximum atomic E-state index is 12.4. The van der Waals surface area contributed by atoms with Crippen LogP contribution >= 0.6 is 24.0 Å². The van der Waals surface area contributed by atoms with Crippen LogP contribution in [-0.4, -0.2) is 26.1 Å². The number of carbonyl (C=O) groups is 2. The Morgan fingerprint density at radius 2 is 2.04 bits per heavy atom. The summed E-state index contributed by atoms with van der Waals surface area (Å²) >= 11 is 6.17. The Labute approximate surface area is 162 Å². The summed E-state index contributed by atoms with van der Waals surface area (Å²) in [5, 5.41) is 11.6. The van der Waals surface area contributed by atoms with Gasteiger partial charge in [-0.25, -0.2) is 0 Å². The van der Waals surface area contributed by atoms with Crippen molar-refractivity contribution in [3.05, 3.63) is 81.2 Å². The van der Waals surface area contributed by atoms with Crippen molar-refractivity contribution in [1.29, 1.82) is 0 Å². The molecule has 1 aromatic carbocycles. The first-order valence-electron chi connectivity index (χ1n) is 7.49. The van der Waals surface area contributed by atoms with E-state index in [-0.39, 0.29) is 15.6 Å². The number of furan rings is 1. The topological polar surface area (TPSA) is 106 Å². The van der Waals surface area contributed by atoms with Crippen molar-refractivity contribution in [3.63, 3.8) is 0 Å². The van der Waals surface area contributed by atoms with Crippen molar-refractivity contribution < 1.29 is 18.9 Å². The number of amides is 2. The van der Waals surface area contributed by atoms with E-state index in [0.29, 0.717) is 10.7 Å². The number of nitrogens with zero attached hydrogens (tertiary/aromatic N) is 2. The second-order valence-corrected chi connectivity index (χ2v) is 6.83. The molecule has 0 aliphatic carbocycles. The SMILES string of the molecule is O=C(NN1C(=O)/C(=C\C=C\c2ccco2)SC1=S)c1ccc([N+](=O)[O-])cc1. The van der Waals surface area contributed by atoms with Gasteiger partial charge in [0.1, 0.15) is 5.76 Å². The van der Waals surface area contributed by atoms with Crippen LogP contribution in [0.3, 0.4) is 0 Å². The fourth-order valence-corrected chi connectivity index (χ4v) is 3.23. The number of thioether (sulfide) groups is 1. The van der Waals surface area contributed by atoms with Crippen molar-refractivity contribution in [2.75, 3.05) is 0 Å². The van der Waals surface area contributed by atoms with Gasteiger partial charge in [0, 0.05) is 17.7 Å². The summed E-state index contributed by atoms with van der Waals surface area (Å²) in [6, 6.07) is 8.52. The molecule has 1 aromatic heterocycles. The summed E-state index contributed by atoms with van der Waals surface area (Å²) in [7, 11) is 0. The van der Waals surface area contributed by atoms with Gasteiger partial charge in [0.25, 0.3) is 17.5 Å². The van der Waals surface area contributed by atoms with Crippen LogP contribution in [0, 0.1) is 10.1 Å². The van der Waals surface area contributed by atoms with E-state index in [0.717, 1.165) is 16.8 Å². The number of nitro groups is 1. The van der Waals surface area contributed by atoms with Crippen LogP contribution in [0.1, 0.15) is 16.1 Å². The predicted molar refractivity (Wildman–Crippen MR) is 103 cm³/mol. The minimum atomic E-state index is -0.603. The lowest BCUT2D eigenvalue weighted by atomic mass is 10.2. The highest BCUT2D eigenvalue weighted by molar-refractivity contribution is 8.26. The Balaban J connectivity index is 1.68. The number of nitro benzene ring substituents is 1. The zero-order valence-electron chi connectivity index (χ0n) is 13.5. The molecule has 2 heterocycles. The number of hydrogen-bond acceptors (Lipinski definition) is 7. The zero-order chi connectivity index (χ0) is 19.4. The lowest BCUT2D eigenvalue weighted by molar-refractivity contribution is -0.384. The van der Waals surface area contributed by atoms with Crippen molar-refractivity contribution >= 4 is 51.9 Å². The lowest BCUT2D eigenvalue weighted by Gasteiger charge is -2.15. The third-order valence-corrected chi connectivity index (χ3v) is 4.72. The number of carbonyl (C=O) groups excluding carboxylic acids is 2. The molecular formula is C17H11N3O5S2. The van der Waals surface area contributed by atoms with Gasteiger partial charge in [0.05, 0.1) is 16.1 Å². The highest BCUT2D eigenvalue weighted by atomic mass is 32.2. The van der Waals surface area contributed by atoms with Crippen molar-refractivity contribution in [2.24, 2.45) is 0 Å². The van der Waals surface area contributed by atoms with Crippen molar-refractivity contribution in [1.82, 2.24) is 10.4 Å². The monoisotopic (exact) mass is 401 g/mol. The Kier molecular flexibility index (Phi) is 5.48.